The molecule has 5 rings (SSSR count). The number of hydrogen-bond donors (Lipinski definition) is 2. The summed E-state index contributed by atoms with van der Waals surface area (Å²) in [5.41, 5.74) is 7.39. The van der Waals surface area contributed by atoms with E-state index in [2.05, 4.69) is 10.4 Å². The maximum atomic E-state index is 14.8. The number of amides is 1. The Balaban J connectivity index is 1.48. The molecule has 0 aliphatic heterocycles. The van der Waals surface area contributed by atoms with Gasteiger partial charge in [0.1, 0.15) is 17.6 Å². The van der Waals surface area contributed by atoms with E-state index in [1.807, 2.05) is 31.2 Å². The number of nitrogens with two attached hydrogens (primary N) is 1. The van der Waals surface area contributed by atoms with Crippen molar-refractivity contribution in [3.8, 4) is 5.69 Å². The SMILES string of the molecule is Cc1ccc(C(OCC2CC2)c2cc(F)cc(NC(=O)c3cc(C(F)(F)F)nn3-c3cccc(CN)c3)c2)cc1. The van der Waals surface area contributed by atoms with E-state index in [1.54, 1.807) is 24.3 Å². The lowest BCUT2D eigenvalue weighted by Gasteiger charge is -2.20. The molecule has 1 atom stereocenters. The molecular weight excluding hydrogens is 524 g/mol. The van der Waals surface area contributed by atoms with Crippen molar-refractivity contribution in [2.75, 3.05) is 11.9 Å². The Bertz CT molecular complexity index is 1510. The van der Waals surface area contributed by atoms with Crippen molar-refractivity contribution in [3.63, 3.8) is 0 Å². The van der Waals surface area contributed by atoms with Crippen LogP contribution in [0.5, 0.6) is 0 Å². The zero-order valence-corrected chi connectivity index (χ0v) is 21.7. The van der Waals surface area contributed by atoms with Gasteiger partial charge in [0.2, 0.25) is 0 Å². The van der Waals surface area contributed by atoms with E-state index in [9.17, 15) is 22.4 Å². The van der Waals surface area contributed by atoms with Gasteiger partial charge in [0.15, 0.2) is 5.69 Å². The largest absolute Gasteiger partial charge is 0.435 e. The van der Waals surface area contributed by atoms with E-state index >= 15 is 0 Å². The summed E-state index contributed by atoms with van der Waals surface area (Å²) in [7, 11) is 0. The molecule has 3 aromatic carbocycles. The van der Waals surface area contributed by atoms with Crippen molar-refractivity contribution in [3.05, 3.63) is 112 Å². The number of carbonyl (C=O) groups is 1. The molecule has 1 fully saturated rings. The monoisotopic (exact) mass is 552 g/mol. The third kappa shape index (κ3) is 6.40. The van der Waals surface area contributed by atoms with Gasteiger partial charge in [-0.05, 0) is 72.7 Å². The maximum Gasteiger partial charge on any atom is 0.435 e. The summed E-state index contributed by atoms with van der Waals surface area (Å²) in [6.07, 6.45) is -3.22. The van der Waals surface area contributed by atoms with Crippen LogP contribution in [-0.2, 0) is 17.5 Å². The molecule has 1 aromatic heterocycles. The molecule has 1 unspecified atom stereocenters. The number of ether oxygens (including phenoxy) is 1. The second kappa shape index (κ2) is 11.2. The number of alkyl halides is 3. The number of nitrogens with zero attached hydrogens (tertiary/aromatic N) is 2. The molecular formula is C30H28F4N4O2. The molecule has 1 amide bonds. The minimum Gasteiger partial charge on any atom is -0.368 e. The third-order valence-electron chi connectivity index (χ3n) is 6.68. The highest BCUT2D eigenvalue weighted by molar-refractivity contribution is 6.03. The van der Waals surface area contributed by atoms with Crippen LogP contribution in [0, 0.1) is 18.7 Å². The van der Waals surface area contributed by atoms with Crippen LogP contribution in [0.25, 0.3) is 5.69 Å². The van der Waals surface area contributed by atoms with Crippen LogP contribution in [0.4, 0.5) is 23.2 Å². The summed E-state index contributed by atoms with van der Waals surface area (Å²) in [5, 5.41) is 6.19. The third-order valence-corrected chi connectivity index (χ3v) is 6.68. The highest BCUT2D eigenvalue weighted by atomic mass is 19.4. The molecule has 3 N–H and O–H groups in total. The lowest BCUT2D eigenvalue weighted by molar-refractivity contribution is -0.141. The predicted molar refractivity (Wildman–Crippen MR) is 143 cm³/mol. The standard InChI is InChI=1S/C30H28F4N4O2/c1-18-5-9-21(10-6-18)28(40-17-19-7-8-19)22-12-23(31)14-24(13-22)36-29(39)26-15-27(30(32,33)34)37-38(26)25-4-2-3-20(11-25)16-35/h2-6,9-15,19,28H,7-8,16-17,35H2,1H3,(H,36,39). The van der Waals surface area contributed by atoms with Crippen LogP contribution in [0.15, 0.2) is 72.8 Å². The first kappa shape index (κ1) is 27.5. The second-order valence-electron chi connectivity index (χ2n) is 9.99. The second-order valence-corrected chi connectivity index (χ2v) is 9.99. The first-order valence-corrected chi connectivity index (χ1v) is 12.9. The van der Waals surface area contributed by atoms with E-state index in [-0.39, 0.29) is 23.6 Å². The van der Waals surface area contributed by atoms with E-state index in [1.165, 1.54) is 12.1 Å². The zero-order valence-electron chi connectivity index (χ0n) is 21.7. The smallest absolute Gasteiger partial charge is 0.368 e. The van der Waals surface area contributed by atoms with E-state index in [0.717, 1.165) is 34.7 Å². The summed E-state index contributed by atoms with van der Waals surface area (Å²) < 4.78 is 62.6. The van der Waals surface area contributed by atoms with Gasteiger partial charge >= 0.3 is 6.18 Å². The van der Waals surface area contributed by atoms with Crippen molar-refractivity contribution in [2.45, 2.75) is 38.6 Å². The summed E-state index contributed by atoms with van der Waals surface area (Å²) in [6, 6.07) is 18.7. The average Bonchev–Trinajstić information content (AvgIpc) is 3.62. The quantitative estimate of drug-likeness (QED) is 0.230. The highest BCUT2D eigenvalue weighted by Gasteiger charge is 2.36. The predicted octanol–water partition coefficient (Wildman–Crippen LogP) is 6.57. The Hall–Kier alpha value is -4.02. The Kier molecular flexibility index (Phi) is 7.73. The number of anilines is 1. The lowest BCUT2D eigenvalue weighted by Crippen LogP contribution is -2.18. The minimum atomic E-state index is -4.78. The molecule has 1 heterocycles. The molecule has 0 saturated heterocycles. The molecule has 4 aromatic rings. The molecule has 40 heavy (non-hydrogen) atoms. The van der Waals surface area contributed by atoms with Gasteiger partial charge in [0, 0.05) is 18.3 Å². The number of aryl methyl sites for hydroxylation is 1. The summed E-state index contributed by atoms with van der Waals surface area (Å²) >= 11 is 0. The first-order valence-electron chi connectivity index (χ1n) is 12.9. The Morgan fingerprint density at radius 2 is 1.82 bits per heavy atom. The molecule has 0 radical (unpaired) electrons. The number of halogens is 4. The fourth-order valence-corrected chi connectivity index (χ4v) is 4.37. The van der Waals surface area contributed by atoms with Gasteiger partial charge in [0.05, 0.1) is 12.3 Å². The van der Waals surface area contributed by atoms with Crippen LogP contribution < -0.4 is 11.1 Å². The van der Waals surface area contributed by atoms with Crippen LogP contribution in [-0.4, -0.2) is 22.3 Å². The number of rotatable bonds is 9. The Morgan fingerprint density at radius 3 is 2.50 bits per heavy atom. The van der Waals surface area contributed by atoms with Gasteiger partial charge in [-0.15, -0.1) is 0 Å². The number of benzene rings is 3. The Morgan fingerprint density at radius 1 is 1.07 bits per heavy atom. The van der Waals surface area contributed by atoms with Crippen LogP contribution in [0.3, 0.4) is 0 Å². The summed E-state index contributed by atoms with van der Waals surface area (Å²) in [6.45, 7) is 2.62. The van der Waals surface area contributed by atoms with Crippen molar-refractivity contribution >= 4 is 11.6 Å². The van der Waals surface area contributed by atoms with E-state index in [0.29, 0.717) is 29.7 Å². The molecule has 0 spiro atoms. The molecule has 1 aliphatic rings. The van der Waals surface area contributed by atoms with Gasteiger partial charge < -0.3 is 15.8 Å². The maximum absolute atomic E-state index is 14.8. The molecule has 6 nitrogen and oxygen atoms in total. The molecule has 10 heteroatoms. The molecule has 1 saturated carbocycles. The number of carbonyl (C=O) groups excluding carboxylic acids is 1. The van der Waals surface area contributed by atoms with Crippen LogP contribution >= 0.6 is 0 Å². The van der Waals surface area contributed by atoms with Gasteiger partial charge in [-0.3, -0.25) is 4.79 Å². The van der Waals surface area contributed by atoms with Crippen molar-refractivity contribution < 1.29 is 27.1 Å². The van der Waals surface area contributed by atoms with E-state index < -0.39 is 29.7 Å². The highest BCUT2D eigenvalue weighted by Crippen LogP contribution is 2.35. The minimum absolute atomic E-state index is 0.0733. The van der Waals surface area contributed by atoms with Crippen LogP contribution in [0.1, 0.15) is 57.4 Å². The number of hydrogen-bond acceptors (Lipinski definition) is 4. The summed E-state index contributed by atoms with van der Waals surface area (Å²) in [5.74, 6) is -1.05. The van der Waals surface area contributed by atoms with Crippen LogP contribution in [0.2, 0.25) is 0 Å². The fourth-order valence-electron chi connectivity index (χ4n) is 4.37. The molecule has 0 bridgehead atoms. The molecule has 1 aliphatic carbocycles. The van der Waals surface area contributed by atoms with E-state index in [4.69, 9.17) is 10.5 Å². The van der Waals surface area contributed by atoms with Crippen molar-refractivity contribution in [2.24, 2.45) is 11.7 Å². The number of nitrogens with one attached hydrogen (secondary N) is 1. The normalized spacial score (nSPS) is 14.2. The van der Waals surface area contributed by atoms with Gasteiger partial charge in [0.25, 0.3) is 5.91 Å². The lowest BCUT2D eigenvalue weighted by atomic mass is 9.99. The Labute approximate surface area is 228 Å². The zero-order chi connectivity index (χ0) is 28.4. The fraction of sp³-hybridized carbons (Fsp3) is 0.267. The summed E-state index contributed by atoms with van der Waals surface area (Å²) in [4.78, 5) is 13.3. The van der Waals surface area contributed by atoms with Gasteiger partial charge in [-0.25, -0.2) is 9.07 Å². The van der Waals surface area contributed by atoms with Gasteiger partial charge in [-0.2, -0.15) is 18.3 Å². The molecule has 208 valence electrons. The topological polar surface area (TPSA) is 82.2 Å². The van der Waals surface area contributed by atoms with Gasteiger partial charge in [-0.1, -0.05) is 42.0 Å². The first-order chi connectivity index (χ1) is 19.1. The van der Waals surface area contributed by atoms with Crippen molar-refractivity contribution in [1.82, 2.24) is 9.78 Å². The average molecular weight is 553 g/mol. The van der Waals surface area contributed by atoms with Crippen molar-refractivity contribution in [1.29, 1.82) is 0 Å². The number of aromatic nitrogens is 2.